The number of hydrogen-bond donors (Lipinski definition) is 2. The highest BCUT2D eigenvalue weighted by molar-refractivity contribution is 5.96. The second-order valence-electron chi connectivity index (χ2n) is 5.44. The van der Waals surface area contributed by atoms with Gasteiger partial charge in [-0.05, 0) is 50.3 Å². The number of carbonyl (C=O) groups is 1. The summed E-state index contributed by atoms with van der Waals surface area (Å²) < 4.78 is 0. The minimum atomic E-state index is -0.286. The first-order valence-electron chi connectivity index (χ1n) is 6.82. The van der Waals surface area contributed by atoms with Crippen molar-refractivity contribution in [3.63, 3.8) is 0 Å². The van der Waals surface area contributed by atoms with E-state index in [9.17, 15) is 9.90 Å². The van der Waals surface area contributed by atoms with E-state index in [2.05, 4.69) is 0 Å². The molecular weight excluding hydrogens is 276 g/mol. The van der Waals surface area contributed by atoms with Crippen molar-refractivity contribution in [2.75, 3.05) is 18.8 Å². The first-order chi connectivity index (χ1) is 8.99. The van der Waals surface area contributed by atoms with Crippen LogP contribution in [-0.4, -0.2) is 35.1 Å². The molecule has 0 saturated carbocycles. The van der Waals surface area contributed by atoms with Crippen molar-refractivity contribution in [2.24, 2.45) is 5.92 Å². The highest BCUT2D eigenvalue weighted by atomic mass is 35.5. The van der Waals surface area contributed by atoms with Crippen molar-refractivity contribution in [3.05, 3.63) is 29.3 Å². The van der Waals surface area contributed by atoms with E-state index in [0.717, 1.165) is 18.4 Å². The predicted octanol–water partition coefficient (Wildman–Crippen LogP) is 2.23. The van der Waals surface area contributed by atoms with Gasteiger partial charge in [0.05, 0.1) is 6.10 Å². The number of aryl methyl sites for hydroxylation is 1. The normalized spacial score (nSPS) is 17.4. The molecule has 3 N–H and O–H groups in total. The molecule has 0 aliphatic carbocycles. The molecule has 5 heteroatoms. The lowest BCUT2D eigenvalue weighted by atomic mass is 9.91. The topological polar surface area (TPSA) is 66.6 Å². The third-order valence-electron chi connectivity index (χ3n) is 4.00. The highest BCUT2D eigenvalue weighted by Gasteiger charge is 2.26. The summed E-state index contributed by atoms with van der Waals surface area (Å²) in [6, 6.07) is 5.44. The maximum Gasteiger partial charge on any atom is 0.254 e. The summed E-state index contributed by atoms with van der Waals surface area (Å²) in [7, 11) is 0. The van der Waals surface area contributed by atoms with Crippen LogP contribution in [0.1, 0.15) is 35.7 Å². The average Bonchev–Trinajstić information content (AvgIpc) is 2.41. The quantitative estimate of drug-likeness (QED) is 0.823. The van der Waals surface area contributed by atoms with Crippen LogP contribution in [0.25, 0.3) is 0 Å². The average molecular weight is 299 g/mol. The van der Waals surface area contributed by atoms with Gasteiger partial charge in [0, 0.05) is 24.3 Å². The number of hydrogen-bond acceptors (Lipinski definition) is 3. The number of rotatable bonds is 2. The zero-order valence-electron chi connectivity index (χ0n) is 12.0. The molecule has 1 aliphatic heterocycles. The van der Waals surface area contributed by atoms with Crippen LogP contribution in [0.4, 0.5) is 5.69 Å². The lowest BCUT2D eigenvalue weighted by molar-refractivity contribution is 0.0521. The molecule has 1 atom stereocenters. The molecule has 1 saturated heterocycles. The van der Waals surface area contributed by atoms with E-state index in [1.807, 2.05) is 30.9 Å². The monoisotopic (exact) mass is 298 g/mol. The highest BCUT2D eigenvalue weighted by Crippen LogP contribution is 2.23. The maximum absolute atomic E-state index is 12.5. The van der Waals surface area contributed by atoms with Gasteiger partial charge in [0.2, 0.25) is 0 Å². The number of likely N-dealkylation sites (tertiary alicyclic amines) is 1. The van der Waals surface area contributed by atoms with Crippen molar-refractivity contribution in [2.45, 2.75) is 32.8 Å². The summed E-state index contributed by atoms with van der Waals surface area (Å²) in [6.07, 6.45) is 1.45. The van der Waals surface area contributed by atoms with E-state index >= 15 is 0 Å². The number of benzene rings is 1. The SMILES string of the molecule is Cc1ccc(N)cc1C(=O)N1CCC(C(C)O)CC1.Cl. The number of piperidine rings is 1. The van der Waals surface area contributed by atoms with Gasteiger partial charge in [-0.2, -0.15) is 0 Å². The largest absolute Gasteiger partial charge is 0.399 e. The van der Waals surface area contributed by atoms with E-state index in [4.69, 9.17) is 5.73 Å². The van der Waals surface area contributed by atoms with Crippen LogP contribution in [0.2, 0.25) is 0 Å². The van der Waals surface area contributed by atoms with Gasteiger partial charge < -0.3 is 15.7 Å². The third-order valence-corrected chi connectivity index (χ3v) is 4.00. The Balaban J connectivity index is 0.00000200. The molecule has 0 aromatic heterocycles. The Kier molecular flexibility index (Phi) is 5.84. The molecule has 1 aromatic rings. The molecule has 1 fully saturated rings. The Morgan fingerprint density at radius 3 is 2.55 bits per heavy atom. The fraction of sp³-hybridized carbons (Fsp3) is 0.533. The van der Waals surface area contributed by atoms with E-state index in [1.165, 1.54) is 0 Å². The van der Waals surface area contributed by atoms with Crippen LogP contribution >= 0.6 is 12.4 Å². The molecule has 0 spiro atoms. The fourth-order valence-corrected chi connectivity index (χ4v) is 2.63. The number of aliphatic hydroxyl groups excluding tert-OH is 1. The van der Waals surface area contributed by atoms with Crippen LogP contribution in [0.15, 0.2) is 18.2 Å². The Hall–Kier alpha value is -1.26. The Morgan fingerprint density at radius 2 is 2.00 bits per heavy atom. The number of nitrogens with two attached hydrogens (primary N) is 1. The number of carbonyl (C=O) groups excluding carboxylic acids is 1. The molecular formula is C15H23ClN2O2. The van der Waals surface area contributed by atoms with Crippen LogP contribution < -0.4 is 5.73 Å². The van der Waals surface area contributed by atoms with Crippen molar-refractivity contribution >= 4 is 24.0 Å². The lowest BCUT2D eigenvalue weighted by Gasteiger charge is -2.33. The molecule has 20 heavy (non-hydrogen) atoms. The minimum absolute atomic E-state index is 0. The van der Waals surface area contributed by atoms with Crippen LogP contribution in [-0.2, 0) is 0 Å². The van der Waals surface area contributed by atoms with Crippen molar-refractivity contribution in [1.29, 1.82) is 0 Å². The van der Waals surface area contributed by atoms with Gasteiger partial charge in [-0.1, -0.05) is 6.07 Å². The van der Waals surface area contributed by atoms with Gasteiger partial charge in [0.15, 0.2) is 0 Å². The zero-order chi connectivity index (χ0) is 14.0. The molecule has 2 rings (SSSR count). The van der Waals surface area contributed by atoms with Crippen LogP contribution in [0, 0.1) is 12.8 Å². The van der Waals surface area contributed by atoms with E-state index in [-0.39, 0.29) is 24.4 Å². The summed E-state index contributed by atoms with van der Waals surface area (Å²) in [4.78, 5) is 14.3. The van der Waals surface area contributed by atoms with E-state index in [1.54, 1.807) is 6.07 Å². The molecule has 112 valence electrons. The van der Waals surface area contributed by atoms with Gasteiger partial charge in [-0.3, -0.25) is 4.79 Å². The molecule has 0 radical (unpaired) electrons. The Labute approximate surface area is 126 Å². The number of amides is 1. The first kappa shape index (κ1) is 16.8. The molecule has 1 aliphatic rings. The van der Waals surface area contributed by atoms with Crippen LogP contribution in [0.5, 0.6) is 0 Å². The lowest BCUT2D eigenvalue weighted by Crippen LogP contribution is -2.41. The number of nitrogens with zero attached hydrogens (tertiary/aromatic N) is 1. The van der Waals surface area contributed by atoms with E-state index in [0.29, 0.717) is 30.3 Å². The standard InChI is InChI=1S/C15H22N2O2.ClH/c1-10-3-4-13(16)9-14(10)15(19)17-7-5-12(6-8-17)11(2)18;/h3-4,9,11-12,18H,5-8,16H2,1-2H3;1H. The second kappa shape index (κ2) is 6.95. The van der Waals surface area contributed by atoms with Gasteiger partial charge in [-0.25, -0.2) is 0 Å². The molecule has 1 heterocycles. The number of nitrogen functional groups attached to an aromatic ring is 1. The van der Waals surface area contributed by atoms with Gasteiger partial charge in [0.1, 0.15) is 0 Å². The summed E-state index contributed by atoms with van der Waals surface area (Å²) in [6.45, 7) is 5.17. The summed E-state index contributed by atoms with van der Waals surface area (Å²) in [5, 5.41) is 9.58. The molecule has 1 aromatic carbocycles. The predicted molar refractivity (Wildman–Crippen MR) is 83.1 cm³/mol. The Morgan fingerprint density at radius 1 is 1.40 bits per heavy atom. The summed E-state index contributed by atoms with van der Waals surface area (Å²) in [5.74, 6) is 0.361. The minimum Gasteiger partial charge on any atom is -0.399 e. The summed E-state index contributed by atoms with van der Waals surface area (Å²) >= 11 is 0. The van der Waals surface area contributed by atoms with Crippen molar-refractivity contribution in [1.82, 2.24) is 4.90 Å². The molecule has 0 bridgehead atoms. The fourth-order valence-electron chi connectivity index (χ4n) is 2.63. The number of anilines is 1. The third kappa shape index (κ3) is 3.64. The van der Waals surface area contributed by atoms with Crippen molar-refractivity contribution in [3.8, 4) is 0 Å². The first-order valence-corrected chi connectivity index (χ1v) is 6.82. The van der Waals surface area contributed by atoms with Crippen LogP contribution in [0.3, 0.4) is 0 Å². The second-order valence-corrected chi connectivity index (χ2v) is 5.44. The smallest absolute Gasteiger partial charge is 0.254 e. The van der Waals surface area contributed by atoms with Gasteiger partial charge in [0.25, 0.3) is 5.91 Å². The zero-order valence-corrected chi connectivity index (χ0v) is 12.8. The van der Waals surface area contributed by atoms with E-state index < -0.39 is 0 Å². The number of aliphatic hydroxyl groups is 1. The Bertz CT molecular complexity index is 469. The molecule has 4 nitrogen and oxygen atoms in total. The van der Waals surface area contributed by atoms with Gasteiger partial charge >= 0.3 is 0 Å². The van der Waals surface area contributed by atoms with Crippen molar-refractivity contribution < 1.29 is 9.90 Å². The maximum atomic E-state index is 12.5. The summed E-state index contributed by atoms with van der Waals surface area (Å²) in [5.41, 5.74) is 8.02. The molecule has 1 unspecified atom stereocenters. The number of halogens is 1. The molecule has 1 amide bonds. The van der Waals surface area contributed by atoms with Gasteiger partial charge in [-0.15, -0.1) is 12.4 Å².